The summed E-state index contributed by atoms with van der Waals surface area (Å²) in [5.41, 5.74) is 0.381. The highest BCUT2D eigenvalue weighted by Gasteiger charge is 2.26. The average molecular weight is 306 g/mol. The Morgan fingerprint density at radius 3 is 2.82 bits per heavy atom. The van der Waals surface area contributed by atoms with Crippen molar-refractivity contribution < 1.29 is 14.6 Å². The summed E-state index contributed by atoms with van der Waals surface area (Å²) in [6.45, 7) is 4.41. The van der Waals surface area contributed by atoms with Gasteiger partial charge in [-0.05, 0) is 32.8 Å². The number of hydrogen-bond acceptors (Lipinski definition) is 4. The molecular formula is C17H26N2O3. The number of amides is 1. The van der Waals surface area contributed by atoms with Crippen molar-refractivity contribution in [1.29, 1.82) is 0 Å². The molecule has 22 heavy (non-hydrogen) atoms. The van der Waals surface area contributed by atoms with Crippen LogP contribution in [0.5, 0.6) is 5.88 Å². The van der Waals surface area contributed by atoms with Crippen LogP contribution in [-0.4, -0.2) is 46.7 Å². The molecule has 1 saturated carbocycles. The fraction of sp³-hybridized carbons (Fsp3) is 0.647. The lowest BCUT2D eigenvalue weighted by Crippen LogP contribution is -2.38. The Bertz CT molecular complexity index is 504. The van der Waals surface area contributed by atoms with Gasteiger partial charge in [0.2, 0.25) is 5.88 Å². The summed E-state index contributed by atoms with van der Waals surface area (Å²) in [5.74, 6) is 0.497. The lowest BCUT2D eigenvalue weighted by Gasteiger charge is -2.31. The third-order valence-corrected chi connectivity index (χ3v) is 4.02. The maximum atomic E-state index is 12.5. The number of carbonyl (C=O) groups excluding carboxylic acids is 1. The molecule has 1 aliphatic rings. The number of aliphatic hydroxyl groups is 1. The van der Waals surface area contributed by atoms with Crippen LogP contribution < -0.4 is 4.74 Å². The molecular weight excluding hydrogens is 280 g/mol. The van der Waals surface area contributed by atoms with E-state index in [-0.39, 0.29) is 24.0 Å². The van der Waals surface area contributed by atoms with E-state index >= 15 is 0 Å². The standard InChI is InChI=1S/C17H26N2O3/c1-12(2)22-16-10-6-8-14(18-16)17(21)19(3)11-13-7-4-5-9-15(13)20/h6,8,10,12-13,15,20H,4-5,7,9,11H2,1-3H3. The van der Waals surface area contributed by atoms with Crippen molar-refractivity contribution >= 4 is 5.91 Å². The summed E-state index contributed by atoms with van der Waals surface area (Å²) in [4.78, 5) is 18.4. The van der Waals surface area contributed by atoms with Gasteiger partial charge in [-0.2, -0.15) is 0 Å². The molecule has 2 unspecified atom stereocenters. The molecule has 1 amide bonds. The normalized spacial score (nSPS) is 21.7. The van der Waals surface area contributed by atoms with Gasteiger partial charge >= 0.3 is 0 Å². The van der Waals surface area contributed by atoms with Crippen molar-refractivity contribution in [3.05, 3.63) is 23.9 Å². The molecule has 5 nitrogen and oxygen atoms in total. The number of pyridine rings is 1. The smallest absolute Gasteiger partial charge is 0.272 e. The van der Waals surface area contributed by atoms with Gasteiger partial charge in [-0.15, -0.1) is 0 Å². The van der Waals surface area contributed by atoms with Crippen LogP contribution >= 0.6 is 0 Å². The SMILES string of the molecule is CC(C)Oc1cccc(C(=O)N(C)CC2CCCCC2O)n1. The van der Waals surface area contributed by atoms with E-state index in [2.05, 4.69) is 4.98 Å². The second kappa shape index (κ2) is 7.58. The predicted octanol–water partition coefficient (Wildman–Crippen LogP) is 2.49. The van der Waals surface area contributed by atoms with E-state index in [0.717, 1.165) is 25.7 Å². The van der Waals surface area contributed by atoms with Crippen LogP contribution in [-0.2, 0) is 0 Å². The average Bonchev–Trinajstić information content (AvgIpc) is 2.48. The molecule has 122 valence electrons. The molecule has 5 heteroatoms. The molecule has 1 aliphatic carbocycles. The number of rotatable bonds is 5. The number of carbonyl (C=O) groups is 1. The van der Waals surface area contributed by atoms with Gasteiger partial charge in [-0.1, -0.05) is 18.9 Å². The van der Waals surface area contributed by atoms with E-state index < -0.39 is 0 Å². The molecule has 1 heterocycles. The van der Waals surface area contributed by atoms with Crippen LogP contribution in [0.25, 0.3) is 0 Å². The first-order chi connectivity index (χ1) is 10.5. The lowest BCUT2D eigenvalue weighted by atomic mass is 9.86. The Hall–Kier alpha value is -1.62. The van der Waals surface area contributed by atoms with Crippen molar-refractivity contribution in [3.8, 4) is 5.88 Å². The number of hydrogen-bond donors (Lipinski definition) is 1. The maximum Gasteiger partial charge on any atom is 0.272 e. The van der Waals surface area contributed by atoms with Crippen molar-refractivity contribution in [2.45, 2.75) is 51.7 Å². The van der Waals surface area contributed by atoms with Gasteiger partial charge < -0.3 is 14.7 Å². The van der Waals surface area contributed by atoms with Gasteiger partial charge in [-0.25, -0.2) is 4.98 Å². The van der Waals surface area contributed by atoms with Gasteiger partial charge in [-0.3, -0.25) is 4.79 Å². The first-order valence-corrected chi connectivity index (χ1v) is 8.04. The third-order valence-electron chi connectivity index (χ3n) is 4.02. The summed E-state index contributed by atoms with van der Waals surface area (Å²) < 4.78 is 5.53. The molecule has 0 bridgehead atoms. The molecule has 1 aromatic rings. The minimum absolute atomic E-state index is 0.0213. The first kappa shape index (κ1) is 16.7. The van der Waals surface area contributed by atoms with E-state index in [0.29, 0.717) is 18.1 Å². The highest BCUT2D eigenvalue weighted by molar-refractivity contribution is 5.92. The van der Waals surface area contributed by atoms with Gasteiger partial charge in [0, 0.05) is 25.6 Å². The van der Waals surface area contributed by atoms with E-state index in [1.54, 1.807) is 30.1 Å². The van der Waals surface area contributed by atoms with Crippen molar-refractivity contribution in [1.82, 2.24) is 9.88 Å². The zero-order chi connectivity index (χ0) is 16.1. The number of aromatic nitrogens is 1. The zero-order valence-corrected chi connectivity index (χ0v) is 13.7. The number of aliphatic hydroxyl groups excluding tert-OH is 1. The number of nitrogens with zero attached hydrogens (tertiary/aromatic N) is 2. The zero-order valence-electron chi connectivity index (χ0n) is 13.7. The quantitative estimate of drug-likeness (QED) is 0.908. The van der Waals surface area contributed by atoms with E-state index in [1.165, 1.54) is 0 Å². The van der Waals surface area contributed by atoms with Gasteiger partial charge in [0.05, 0.1) is 12.2 Å². The van der Waals surface area contributed by atoms with Crippen LogP contribution in [0.4, 0.5) is 0 Å². The Kier molecular flexibility index (Phi) is 5.77. The Labute approximate surface area is 132 Å². The summed E-state index contributed by atoms with van der Waals surface area (Å²) in [6.07, 6.45) is 3.73. The van der Waals surface area contributed by atoms with Crippen molar-refractivity contribution in [2.75, 3.05) is 13.6 Å². The molecule has 0 spiro atoms. The topological polar surface area (TPSA) is 62.7 Å². The Morgan fingerprint density at radius 2 is 2.14 bits per heavy atom. The lowest BCUT2D eigenvalue weighted by molar-refractivity contribution is 0.0448. The van der Waals surface area contributed by atoms with E-state index in [4.69, 9.17) is 4.74 Å². The molecule has 0 radical (unpaired) electrons. The molecule has 2 rings (SSSR count). The molecule has 0 aliphatic heterocycles. The first-order valence-electron chi connectivity index (χ1n) is 8.04. The van der Waals surface area contributed by atoms with Gasteiger partial charge in [0.25, 0.3) is 5.91 Å². The molecule has 2 atom stereocenters. The van der Waals surface area contributed by atoms with Crippen LogP contribution in [0.2, 0.25) is 0 Å². The van der Waals surface area contributed by atoms with Crippen molar-refractivity contribution in [2.24, 2.45) is 5.92 Å². The minimum atomic E-state index is -0.299. The van der Waals surface area contributed by atoms with Gasteiger partial charge in [0.15, 0.2) is 0 Å². The van der Waals surface area contributed by atoms with Crippen LogP contribution in [0, 0.1) is 5.92 Å². The van der Waals surface area contributed by atoms with Crippen LogP contribution in [0.1, 0.15) is 50.0 Å². The predicted molar refractivity (Wildman–Crippen MR) is 84.9 cm³/mol. The molecule has 1 fully saturated rings. The van der Waals surface area contributed by atoms with Gasteiger partial charge in [0.1, 0.15) is 5.69 Å². The molecule has 0 saturated heterocycles. The Morgan fingerprint density at radius 1 is 1.41 bits per heavy atom. The fourth-order valence-electron chi connectivity index (χ4n) is 2.87. The second-order valence-corrected chi connectivity index (χ2v) is 6.33. The summed E-state index contributed by atoms with van der Waals surface area (Å²) >= 11 is 0. The second-order valence-electron chi connectivity index (χ2n) is 6.33. The Balaban J connectivity index is 2.00. The monoisotopic (exact) mass is 306 g/mol. The summed E-state index contributed by atoms with van der Waals surface area (Å²) in [6, 6.07) is 5.23. The number of ether oxygens (including phenoxy) is 1. The minimum Gasteiger partial charge on any atom is -0.475 e. The van der Waals surface area contributed by atoms with Crippen LogP contribution in [0.15, 0.2) is 18.2 Å². The summed E-state index contributed by atoms with van der Waals surface area (Å²) in [5, 5.41) is 10.0. The molecule has 1 N–H and O–H groups in total. The van der Waals surface area contributed by atoms with E-state index in [9.17, 15) is 9.90 Å². The highest BCUT2D eigenvalue weighted by atomic mass is 16.5. The highest BCUT2D eigenvalue weighted by Crippen LogP contribution is 2.25. The molecule has 0 aromatic carbocycles. The fourth-order valence-corrected chi connectivity index (χ4v) is 2.87. The summed E-state index contributed by atoms with van der Waals surface area (Å²) in [7, 11) is 1.77. The van der Waals surface area contributed by atoms with E-state index in [1.807, 2.05) is 13.8 Å². The molecule has 1 aromatic heterocycles. The largest absolute Gasteiger partial charge is 0.475 e. The van der Waals surface area contributed by atoms with Crippen LogP contribution in [0.3, 0.4) is 0 Å². The third kappa shape index (κ3) is 4.44. The maximum absolute atomic E-state index is 12.5. The van der Waals surface area contributed by atoms with Crippen molar-refractivity contribution in [3.63, 3.8) is 0 Å².